The lowest BCUT2D eigenvalue weighted by Crippen LogP contribution is -2.32. The van der Waals surface area contributed by atoms with Gasteiger partial charge in [-0.1, -0.05) is 5.92 Å². The number of nitrogens with zero attached hydrogens (tertiary/aromatic N) is 2. The molecule has 1 heterocycles. The van der Waals surface area contributed by atoms with E-state index in [1.165, 1.54) is 0 Å². The molecule has 4 nitrogen and oxygen atoms in total. The van der Waals surface area contributed by atoms with Gasteiger partial charge in [0.05, 0.1) is 23.8 Å². The maximum Gasteiger partial charge on any atom is 0.317 e. The Balaban J connectivity index is 2.91. The Hall–Kier alpha value is -1.38. The zero-order valence-electron chi connectivity index (χ0n) is 10.2. The molecule has 0 aliphatic carbocycles. The third-order valence-corrected chi connectivity index (χ3v) is 3.74. The molecule has 1 unspecified atom stereocenters. The molecular weight excluding hydrogens is 236 g/mol. The Labute approximate surface area is 105 Å². The zero-order valence-corrected chi connectivity index (χ0v) is 11.0. The first-order chi connectivity index (χ1) is 7.95. The summed E-state index contributed by atoms with van der Waals surface area (Å²) in [5, 5.41) is 9.84. The first-order valence-corrected chi connectivity index (χ1v) is 6.10. The molecule has 0 aromatic carbocycles. The smallest absolute Gasteiger partial charge is 0.317 e. The topological polar surface area (TPSA) is 53.4 Å². The number of aryl methyl sites for hydroxylation is 2. The maximum absolute atomic E-state index is 10.8. The van der Waals surface area contributed by atoms with Crippen LogP contribution in [0.3, 0.4) is 0 Å². The highest BCUT2D eigenvalue weighted by Gasteiger charge is 2.21. The number of carboxylic acids is 1. The fourth-order valence-corrected chi connectivity index (χ4v) is 2.74. The van der Waals surface area contributed by atoms with Crippen LogP contribution in [0.2, 0.25) is 0 Å². The minimum atomic E-state index is -0.869. The Kier molecular flexibility index (Phi) is 4.67. The average Bonchev–Trinajstić information content (AvgIpc) is 2.55. The van der Waals surface area contributed by atoms with E-state index in [2.05, 4.69) is 10.9 Å². The monoisotopic (exact) mass is 252 g/mol. The molecule has 1 atom stereocenters. The number of rotatable bonds is 5. The molecule has 5 heteroatoms. The summed E-state index contributed by atoms with van der Waals surface area (Å²) in [7, 11) is 0. The molecule has 0 saturated carbocycles. The molecule has 0 bridgehead atoms. The van der Waals surface area contributed by atoms with Gasteiger partial charge in [-0.15, -0.1) is 17.8 Å². The van der Waals surface area contributed by atoms with Gasteiger partial charge in [0.25, 0.3) is 0 Å². The lowest BCUT2D eigenvalue weighted by atomic mass is 10.2. The second-order valence-electron chi connectivity index (χ2n) is 3.86. The van der Waals surface area contributed by atoms with Crippen molar-refractivity contribution >= 4 is 17.3 Å². The summed E-state index contributed by atoms with van der Waals surface area (Å²) in [5.74, 6) is 1.63. The second kappa shape index (κ2) is 5.80. The predicted molar refractivity (Wildman–Crippen MR) is 68.0 cm³/mol. The minimum absolute atomic E-state index is 0.0200. The lowest BCUT2D eigenvalue weighted by Gasteiger charge is -2.24. The first kappa shape index (κ1) is 13.7. The van der Waals surface area contributed by atoms with Gasteiger partial charge >= 0.3 is 5.97 Å². The summed E-state index contributed by atoms with van der Waals surface area (Å²) in [5.41, 5.74) is 0.951. The Morgan fingerprint density at radius 2 is 2.29 bits per heavy atom. The SMILES string of the molecule is C#CCN(CC(=O)O)C(C)c1sc(C)nc1C. The standard InChI is InChI=1S/C12H16N2O2S/c1-5-6-14(7-11(15)16)9(3)12-8(2)13-10(4)17-12/h1,9H,6-7H2,2-4H3,(H,15,16). The molecule has 17 heavy (non-hydrogen) atoms. The number of terminal acetylenes is 1. The number of aromatic nitrogens is 1. The summed E-state index contributed by atoms with van der Waals surface area (Å²) in [6.07, 6.45) is 5.27. The van der Waals surface area contributed by atoms with Crippen molar-refractivity contribution in [2.45, 2.75) is 26.8 Å². The van der Waals surface area contributed by atoms with E-state index in [0.717, 1.165) is 15.6 Å². The number of thiazole rings is 1. The van der Waals surface area contributed by atoms with Gasteiger partial charge in [0.15, 0.2) is 0 Å². The fraction of sp³-hybridized carbons (Fsp3) is 0.500. The molecule has 0 fully saturated rings. The average molecular weight is 252 g/mol. The quantitative estimate of drug-likeness (QED) is 0.812. The van der Waals surface area contributed by atoms with Crippen LogP contribution in [0.15, 0.2) is 0 Å². The minimum Gasteiger partial charge on any atom is -0.480 e. The van der Waals surface area contributed by atoms with Gasteiger partial charge in [-0.25, -0.2) is 4.98 Å². The molecule has 0 aliphatic heterocycles. The van der Waals surface area contributed by atoms with Crippen LogP contribution >= 0.6 is 11.3 Å². The fourth-order valence-electron chi connectivity index (χ4n) is 1.72. The number of hydrogen-bond acceptors (Lipinski definition) is 4. The van der Waals surface area contributed by atoms with Crippen LogP contribution in [-0.2, 0) is 4.79 Å². The third-order valence-electron chi connectivity index (χ3n) is 2.50. The maximum atomic E-state index is 10.8. The van der Waals surface area contributed by atoms with Crippen molar-refractivity contribution in [3.8, 4) is 12.3 Å². The van der Waals surface area contributed by atoms with E-state index in [9.17, 15) is 4.79 Å². The van der Waals surface area contributed by atoms with E-state index in [4.69, 9.17) is 11.5 Å². The molecule has 0 spiro atoms. The molecule has 0 aliphatic rings. The van der Waals surface area contributed by atoms with Gasteiger partial charge in [0.1, 0.15) is 0 Å². The van der Waals surface area contributed by atoms with Crippen molar-refractivity contribution in [2.75, 3.05) is 13.1 Å². The molecule has 1 N–H and O–H groups in total. The highest BCUT2D eigenvalue weighted by atomic mass is 32.1. The van der Waals surface area contributed by atoms with Gasteiger partial charge < -0.3 is 5.11 Å². The van der Waals surface area contributed by atoms with E-state index in [0.29, 0.717) is 6.54 Å². The summed E-state index contributed by atoms with van der Waals surface area (Å²) in [6.45, 7) is 6.10. The highest BCUT2D eigenvalue weighted by Crippen LogP contribution is 2.28. The van der Waals surface area contributed by atoms with Crippen molar-refractivity contribution in [3.05, 3.63) is 15.6 Å². The van der Waals surface area contributed by atoms with Gasteiger partial charge in [-0.2, -0.15) is 0 Å². The molecule has 0 radical (unpaired) electrons. The van der Waals surface area contributed by atoms with Crippen LogP contribution in [0.4, 0.5) is 0 Å². The molecule has 0 amide bonds. The predicted octanol–water partition coefficient (Wildman–Crippen LogP) is 1.84. The Morgan fingerprint density at radius 1 is 1.65 bits per heavy atom. The first-order valence-electron chi connectivity index (χ1n) is 5.29. The van der Waals surface area contributed by atoms with E-state index < -0.39 is 5.97 Å². The number of carboxylic acid groups (broad SMARTS) is 1. The van der Waals surface area contributed by atoms with Crippen molar-refractivity contribution in [1.82, 2.24) is 9.88 Å². The van der Waals surface area contributed by atoms with Crippen LogP contribution in [0.25, 0.3) is 0 Å². The van der Waals surface area contributed by atoms with Crippen molar-refractivity contribution in [1.29, 1.82) is 0 Å². The normalized spacial score (nSPS) is 12.4. The van der Waals surface area contributed by atoms with Crippen molar-refractivity contribution in [2.24, 2.45) is 0 Å². The van der Waals surface area contributed by atoms with Gasteiger partial charge in [0, 0.05) is 10.9 Å². The third kappa shape index (κ3) is 3.55. The van der Waals surface area contributed by atoms with Crippen LogP contribution in [0.1, 0.15) is 28.5 Å². The summed E-state index contributed by atoms with van der Waals surface area (Å²) in [6, 6.07) is -0.0200. The van der Waals surface area contributed by atoms with E-state index in [-0.39, 0.29) is 12.6 Å². The second-order valence-corrected chi connectivity index (χ2v) is 5.10. The van der Waals surface area contributed by atoms with Crippen molar-refractivity contribution < 1.29 is 9.90 Å². The van der Waals surface area contributed by atoms with E-state index in [1.54, 1.807) is 16.2 Å². The molecular formula is C12H16N2O2S. The molecule has 92 valence electrons. The van der Waals surface area contributed by atoms with Crippen LogP contribution in [0, 0.1) is 26.2 Å². The molecule has 1 rings (SSSR count). The van der Waals surface area contributed by atoms with E-state index >= 15 is 0 Å². The van der Waals surface area contributed by atoms with E-state index in [1.807, 2.05) is 20.8 Å². The molecule has 1 aromatic rings. The number of carbonyl (C=O) groups is 1. The van der Waals surface area contributed by atoms with Crippen LogP contribution in [0.5, 0.6) is 0 Å². The molecule has 1 aromatic heterocycles. The Bertz CT molecular complexity index is 448. The van der Waals surface area contributed by atoms with Gasteiger partial charge in [0.2, 0.25) is 0 Å². The molecule has 0 saturated heterocycles. The largest absolute Gasteiger partial charge is 0.480 e. The van der Waals surface area contributed by atoms with Crippen LogP contribution < -0.4 is 0 Å². The van der Waals surface area contributed by atoms with Crippen molar-refractivity contribution in [3.63, 3.8) is 0 Å². The summed E-state index contributed by atoms with van der Waals surface area (Å²) < 4.78 is 0. The van der Waals surface area contributed by atoms with Gasteiger partial charge in [-0.05, 0) is 20.8 Å². The lowest BCUT2D eigenvalue weighted by molar-refractivity contribution is -0.138. The number of aliphatic carboxylic acids is 1. The number of hydrogen-bond donors (Lipinski definition) is 1. The Morgan fingerprint density at radius 3 is 2.71 bits per heavy atom. The zero-order chi connectivity index (χ0) is 13.0. The van der Waals surface area contributed by atoms with Crippen LogP contribution in [-0.4, -0.2) is 34.0 Å². The van der Waals surface area contributed by atoms with Gasteiger partial charge in [-0.3, -0.25) is 9.69 Å². The summed E-state index contributed by atoms with van der Waals surface area (Å²) in [4.78, 5) is 18.0. The summed E-state index contributed by atoms with van der Waals surface area (Å²) >= 11 is 1.59. The highest BCUT2D eigenvalue weighted by molar-refractivity contribution is 7.11.